The maximum absolute atomic E-state index is 13.3. The molecule has 0 spiro atoms. The Morgan fingerprint density at radius 3 is 2.90 bits per heavy atom. The van der Waals surface area contributed by atoms with Crippen molar-refractivity contribution in [1.29, 1.82) is 0 Å². The predicted molar refractivity (Wildman–Crippen MR) is 70.1 cm³/mol. The van der Waals surface area contributed by atoms with E-state index >= 15 is 0 Å². The summed E-state index contributed by atoms with van der Waals surface area (Å²) in [6, 6.07) is 4.26. The number of imidazole rings is 1. The third kappa shape index (κ3) is 2.38. The topological polar surface area (TPSA) is 64.3 Å². The van der Waals surface area contributed by atoms with Gasteiger partial charge in [-0.3, -0.25) is 4.79 Å². The van der Waals surface area contributed by atoms with E-state index in [0.717, 1.165) is 18.7 Å². The van der Waals surface area contributed by atoms with Crippen LogP contribution in [0.4, 0.5) is 4.39 Å². The number of ether oxygens (including phenoxy) is 1. The molecule has 3 rings (SSSR count). The number of benzene rings is 1. The van der Waals surface area contributed by atoms with E-state index in [0.29, 0.717) is 24.2 Å². The summed E-state index contributed by atoms with van der Waals surface area (Å²) < 4.78 is 20.3. The zero-order valence-electron chi connectivity index (χ0n) is 10.9. The zero-order valence-corrected chi connectivity index (χ0v) is 10.9. The van der Waals surface area contributed by atoms with Gasteiger partial charge < -0.3 is 14.4 Å². The van der Waals surface area contributed by atoms with Crippen LogP contribution in [0.1, 0.15) is 24.6 Å². The van der Waals surface area contributed by atoms with Crippen molar-refractivity contribution in [1.82, 2.24) is 9.55 Å². The molecule has 1 aliphatic rings. The van der Waals surface area contributed by atoms with Gasteiger partial charge in [0.25, 0.3) is 0 Å². The van der Waals surface area contributed by atoms with E-state index in [1.165, 1.54) is 12.1 Å². The van der Waals surface area contributed by atoms with E-state index < -0.39 is 5.97 Å². The van der Waals surface area contributed by atoms with Crippen molar-refractivity contribution < 1.29 is 19.0 Å². The van der Waals surface area contributed by atoms with Crippen LogP contribution in [-0.4, -0.2) is 33.8 Å². The molecule has 0 aliphatic carbocycles. The third-order valence-corrected chi connectivity index (χ3v) is 3.62. The van der Waals surface area contributed by atoms with Gasteiger partial charge in [-0.05, 0) is 25.0 Å². The molecule has 0 atom stereocenters. The number of fused-ring (bicyclic) bond motifs is 1. The molecule has 1 saturated heterocycles. The summed E-state index contributed by atoms with van der Waals surface area (Å²) >= 11 is 0. The number of nitrogens with zero attached hydrogens (tertiary/aromatic N) is 2. The summed E-state index contributed by atoms with van der Waals surface area (Å²) in [5, 5.41) is 9.07. The van der Waals surface area contributed by atoms with Gasteiger partial charge in [-0.2, -0.15) is 0 Å². The molecule has 5 nitrogen and oxygen atoms in total. The molecule has 0 bridgehead atoms. The zero-order chi connectivity index (χ0) is 14.1. The van der Waals surface area contributed by atoms with Crippen LogP contribution in [-0.2, 0) is 16.1 Å². The molecule has 2 heterocycles. The second kappa shape index (κ2) is 5.20. The molecule has 20 heavy (non-hydrogen) atoms. The molecule has 106 valence electrons. The second-order valence-corrected chi connectivity index (χ2v) is 4.97. The first-order valence-electron chi connectivity index (χ1n) is 6.60. The fraction of sp³-hybridized carbons (Fsp3) is 0.429. The van der Waals surface area contributed by atoms with E-state index in [9.17, 15) is 9.18 Å². The smallest absolute Gasteiger partial charge is 0.323 e. The molecule has 0 saturated carbocycles. The molecule has 1 N–H and O–H groups in total. The Bertz CT molecular complexity index is 647. The van der Waals surface area contributed by atoms with Gasteiger partial charge in [0, 0.05) is 25.2 Å². The lowest BCUT2D eigenvalue weighted by Gasteiger charge is -2.22. The number of aliphatic carboxylic acids is 1. The maximum atomic E-state index is 13.3. The molecule has 0 radical (unpaired) electrons. The Morgan fingerprint density at radius 2 is 2.20 bits per heavy atom. The van der Waals surface area contributed by atoms with Crippen LogP contribution in [0.25, 0.3) is 11.0 Å². The van der Waals surface area contributed by atoms with Gasteiger partial charge in [-0.25, -0.2) is 9.37 Å². The van der Waals surface area contributed by atoms with Crippen molar-refractivity contribution in [2.45, 2.75) is 25.3 Å². The molecular weight excluding hydrogens is 263 g/mol. The van der Waals surface area contributed by atoms with E-state index in [4.69, 9.17) is 9.84 Å². The fourth-order valence-corrected chi connectivity index (χ4v) is 2.69. The van der Waals surface area contributed by atoms with Gasteiger partial charge >= 0.3 is 5.97 Å². The quantitative estimate of drug-likeness (QED) is 0.934. The minimum Gasteiger partial charge on any atom is -0.480 e. The minimum absolute atomic E-state index is 0.158. The van der Waals surface area contributed by atoms with Crippen LogP contribution in [0.3, 0.4) is 0 Å². The highest BCUT2D eigenvalue weighted by molar-refractivity contribution is 5.78. The number of carbonyl (C=O) groups is 1. The monoisotopic (exact) mass is 278 g/mol. The molecule has 1 aromatic carbocycles. The van der Waals surface area contributed by atoms with Gasteiger partial charge in [-0.15, -0.1) is 0 Å². The molecule has 1 fully saturated rings. The van der Waals surface area contributed by atoms with Crippen LogP contribution in [0.5, 0.6) is 0 Å². The van der Waals surface area contributed by atoms with Crippen molar-refractivity contribution in [3.05, 3.63) is 29.8 Å². The van der Waals surface area contributed by atoms with Gasteiger partial charge in [-0.1, -0.05) is 0 Å². The molecule has 6 heteroatoms. The highest BCUT2D eigenvalue weighted by Gasteiger charge is 2.23. The van der Waals surface area contributed by atoms with Crippen LogP contribution < -0.4 is 0 Å². The Kier molecular flexibility index (Phi) is 3.40. The SMILES string of the molecule is O=C(O)Cn1c(C2CCOCC2)nc2cc(F)ccc21. The summed E-state index contributed by atoms with van der Waals surface area (Å²) in [5.41, 5.74) is 1.17. The Balaban J connectivity index is 2.10. The molecule has 2 aromatic rings. The highest BCUT2D eigenvalue weighted by Crippen LogP contribution is 2.29. The summed E-state index contributed by atoms with van der Waals surface area (Å²) in [6.45, 7) is 1.14. The first kappa shape index (κ1) is 13.1. The number of hydrogen-bond acceptors (Lipinski definition) is 3. The average molecular weight is 278 g/mol. The van der Waals surface area contributed by atoms with Crippen molar-refractivity contribution in [3.63, 3.8) is 0 Å². The van der Waals surface area contributed by atoms with Crippen LogP contribution in [0.2, 0.25) is 0 Å². The van der Waals surface area contributed by atoms with Gasteiger partial charge in [0.05, 0.1) is 11.0 Å². The van der Waals surface area contributed by atoms with Gasteiger partial charge in [0.1, 0.15) is 18.2 Å². The van der Waals surface area contributed by atoms with Crippen molar-refractivity contribution in [2.24, 2.45) is 0 Å². The first-order chi connectivity index (χ1) is 9.65. The fourth-order valence-electron chi connectivity index (χ4n) is 2.69. The van der Waals surface area contributed by atoms with Crippen molar-refractivity contribution >= 4 is 17.0 Å². The Hall–Kier alpha value is -1.95. The Labute approximate surface area is 115 Å². The lowest BCUT2D eigenvalue weighted by molar-refractivity contribution is -0.137. The van der Waals surface area contributed by atoms with Gasteiger partial charge in [0.15, 0.2) is 0 Å². The molecular formula is C14H15FN2O3. The van der Waals surface area contributed by atoms with E-state index in [1.807, 2.05) is 0 Å². The molecule has 0 unspecified atom stereocenters. The standard InChI is InChI=1S/C14H15FN2O3/c15-10-1-2-12-11(7-10)16-14(17(12)8-13(18)19)9-3-5-20-6-4-9/h1-2,7,9H,3-6,8H2,(H,18,19). The molecule has 1 aliphatic heterocycles. The number of rotatable bonds is 3. The lowest BCUT2D eigenvalue weighted by Crippen LogP contribution is -2.20. The first-order valence-corrected chi connectivity index (χ1v) is 6.60. The molecule has 1 aromatic heterocycles. The van der Waals surface area contributed by atoms with Crippen LogP contribution >= 0.6 is 0 Å². The summed E-state index contributed by atoms with van der Waals surface area (Å²) in [7, 11) is 0. The van der Waals surface area contributed by atoms with Crippen LogP contribution in [0, 0.1) is 5.82 Å². The maximum Gasteiger partial charge on any atom is 0.323 e. The number of aromatic nitrogens is 2. The summed E-state index contributed by atoms with van der Waals surface area (Å²) in [6.07, 6.45) is 1.62. The minimum atomic E-state index is -0.929. The lowest BCUT2D eigenvalue weighted by atomic mass is 9.99. The number of carboxylic acid groups (broad SMARTS) is 1. The summed E-state index contributed by atoms with van der Waals surface area (Å²) in [5.74, 6) is -0.409. The van der Waals surface area contributed by atoms with Gasteiger partial charge in [0.2, 0.25) is 0 Å². The number of carboxylic acids is 1. The molecule has 0 amide bonds. The predicted octanol–water partition coefficient (Wildman–Crippen LogP) is 2.15. The van der Waals surface area contributed by atoms with Crippen molar-refractivity contribution in [2.75, 3.05) is 13.2 Å². The van der Waals surface area contributed by atoms with E-state index in [2.05, 4.69) is 4.98 Å². The number of hydrogen-bond donors (Lipinski definition) is 1. The Morgan fingerprint density at radius 1 is 1.45 bits per heavy atom. The van der Waals surface area contributed by atoms with E-state index in [1.54, 1.807) is 10.6 Å². The highest BCUT2D eigenvalue weighted by atomic mass is 19.1. The second-order valence-electron chi connectivity index (χ2n) is 4.97. The number of halogens is 1. The normalized spacial score (nSPS) is 16.6. The average Bonchev–Trinajstić information content (AvgIpc) is 2.77. The largest absolute Gasteiger partial charge is 0.480 e. The third-order valence-electron chi connectivity index (χ3n) is 3.62. The van der Waals surface area contributed by atoms with Crippen molar-refractivity contribution in [3.8, 4) is 0 Å². The van der Waals surface area contributed by atoms with E-state index in [-0.39, 0.29) is 18.3 Å². The van der Waals surface area contributed by atoms with Crippen LogP contribution in [0.15, 0.2) is 18.2 Å². The summed E-state index contributed by atoms with van der Waals surface area (Å²) in [4.78, 5) is 15.5.